The summed E-state index contributed by atoms with van der Waals surface area (Å²) in [5, 5.41) is 1.10. The number of rotatable bonds is 6. The second kappa shape index (κ2) is 7.30. The molecule has 5 heteroatoms. The SMILES string of the molecule is COc1ccc2c(c1)c(CCN(C)C)cn2[S+]([O-])c1ccccc1. The summed E-state index contributed by atoms with van der Waals surface area (Å²) in [7, 11) is 5.78. The highest BCUT2D eigenvalue weighted by molar-refractivity contribution is 7.90. The molecule has 1 aromatic heterocycles. The fourth-order valence-corrected chi connectivity index (χ4v) is 3.88. The number of ether oxygens (including phenoxy) is 1. The molecule has 0 N–H and O–H groups in total. The Bertz CT molecular complexity index is 815. The zero-order valence-corrected chi connectivity index (χ0v) is 15.0. The molecule has 0 fully saturated rings. The average Bonchev–Trinajstić information content (AvgIpc) is 2.97. The van der Waals surface area contributed by atoms with Crippen molar-refractivity contribution in [1.82, 2.24) is 8.87 Å². The number of likely N-dealkylation sites (N-methyl/N-ethyl adjacent to an activating group) is 1. The third-order valence-corrected chi connectivity index (χ3v) is 5.35. The minimum Gasteiger partial charge on any atom is -0.587 e. The molecule has 0 spiro atoms. The summed E-state index contributed by atoms with van der Waals surface area (Å²) < 4.78 is 20.2. The van der Waals surface area contributed by atoms with Gasteiger partial charge >= 0.3 is 0 Å². The molecule has 1 unspecified atom stereocenters. The molecular formula is C19H22N2O2S. The van der Waals surface area contributed by atoms with Gasteiger partial charge in [0.15, 0.2) is 4.90 Å². The first kappa shape index (κ1) is 16.9. The summed E-state index contributed by atoms with van der Waals surface area (Å²) in [5.41, 5.74) is 2.15. The molecule has 0 saturated heterocycles. The molecule has 0 aliphatic rings. The molecule has 0 saturated carbocycles. The van der Waals surface area contributed by atoms with Crippen molar-refractivity contribution >= 4 is 22.3 Å². The molecular weight excluding hydrogens is 320 g/mol. The third-order valence-electron chi connectivity index (χ3n) is 4.01. The van der Waals surface area contributed by atoms with Crippen LogP contribution in [0.15, 0.2) is 59.6 Å². The Labute approximate surface area is 146 Å². The second-order valence-electron chi connectivity index (χ2n) is 5.98. The van der Waals surface area contributed by atoms with E-state index >= 15 is 0 Å². The van der Waals surface area contributed by atoms with Gasteiger partial charge in [0.25, 0.3) is 0 Å². The molecule has 0 aliphatic heterocycles. The van der Waals surface area contributed by atoms with Crippen LogP contribution >= 0.6 is 0 Å². The Hall–Kier alpha value is -1.95. The molecule has 0 amide bonds. The largest absolute Gasteiger partial charge is 0.587 e. The van der Waals surface area contributed by atoms with Gasteiger partial charge in [0.05, 0.1) is 18.8 Å². The number of benzene rings is 2. The first-order valence-electron chi connectivity index (χ1n) is 7.90. The lowest BCUT2D eigenvalue weighted by Gasteiger charge is -2.11. The highest BCUT2D eigenvalue weighted by atomic mass is 32.2. The molecule has 0 aliphatic carbocycles. The highest BCUT2D eigenvalue weighted by Gasteiger charge is 2.20. The lowest BCUT2D eigenvalue weighted by molar-refractivity contribution is 0.413. The summed E-state index contributed by atoms with van der Waals surface area (Å²) in [6.07, 6.45) is 2.91. The van der Waals surface area contributed by atoms with Crippen LogP contribution in [0.3, 0.4) is 0 Å². The van der Waals surface area contributed by atoms with Crippen molar-refractivity contribution in [1.29, 1.82) is 0 Å². The summed E-state index contributed by atoms with van der Waals surface area (Å²) in [4.78, 5) is 2.95. The van der Waals surface area contributed by atoms with E-state index in [-0.39, 0.29) is 0 Å². The van der Waals surface area contributed by atoms with E-state index in [4.69, 9.17) is 4.74 Å². The molecule has 2 aromatic carbocycles. The van der Waals surface area contributed by atoms with Gasteiger partial charge in [-0.05, 0) is 56.4 Å². The number of fused-ring (bicyclic) bond motifs is 1. The van der Waals surface area contributed by atoms with Crippen LogP contribution in [0.25, 0.3) is 10.9 Å². The van der Waals surface area contributed by atoms with Crippen LogP contribution in [0.5, 0.6) is 5.75 Å². The van der Waals surface area contributed by atoms with Gasteiger partial charge < -0.3 is 14.2 Å². The molecule has 126 valence electrons. The van der Waals surface area contributed by atoms with Gasteiger partial charge in [-0.15, -0.1) is 0 Å². The predicted molar refractivity (Wildman–Crippen MR) is 99.0 cm³/mol. The Balaban J connectivity index is 2.07. The molecule has 1 atom stereocenters. The Morgan fingerprint density at radius 1 is 1.12 bits per heavy atom. The Kier molecular flexibility index (Phi) is 5.14. The van der Waals surface area contributed by atoms with Gasteiger partial charge in [-0.1, -0.05) is 18.2 Å². The highest BCUT2D eigenvalue weighted by Crippen LogP contribution is 2.29. The summed E-state index contributed by atoms with van der Waals surface area (Å²) in [6, 6.07) is 15.5. The van der Waals surface area contributed by atoms with Crippen LogP contribution in [0.2, 0.25) is 0 Å². The van der Waals surface area contributed by atoms with E-state index in [0.29, 0.717) is 0 Å². The maximum atomic E-state index is 13.0. The number of nitrogens with zero attached hydrogens (tertiary/aromatic N) is 2. The normalized spacial score (nSPS) is 12.7. The van der Waals surface area contributed by atoms with Crippen molar-refractivity contribution in [2.24, 2.45) is 0 Å². The van der Waals surface area contributed by atoms with Crippen molar-refractivity contribution in [3.05, 3.63) is 60.3 Å². The fourth-order valence-electron chi connectivity index (χ4n) is 2.70. The van der Waals surface area contributed by atoms with Gasteiger partial charge in [-0.2, -0.15) is 3.97 Å². The predicted octanol–water partition coefficient (Wildman–Crippen LogP) is 3.32. The number of aromatic nitrogens is 1. The van der Waals surface area contributed by atoms with Crippen molar-refractivity contribution in [2.75, 3.05) is 27.7 Å². The molecule has 24 heavy (non-hydrogen) atoms. The molecule has 3 aromatic rings. The van der Waals surface area contributed by atoms with E-state index in [1.807, 2.05) is 58.7 Å². The van der Waals surface area contributed by atoms with E-state index in [0.717, 1.165) is 34.5 Å². The van der Waals surface area contributed by atoms with Crippen molar-refractivity contribution in [3.63, 3.8) is 0 Å². The monoisotopic (exact) mass is 342 g/mol. The summed E-state index contributed by atoms with van der Waals surface area (Å²) in [5.74, 6) is 0.817. The van der Waals surface area contributed by atoms with Crippen LogP contribution in [0.4, 0.5) is 0 Å². The summed E-state index contributed by atoms with van der Waals surface area (Å²) >= 11 is -1.26. The Morgan fingerprint density at radius 2 is 1.88 bits per heavy atom. The van der Waals surface area contributed by atoms with Crippen LogP contribution < -0.4 is 4.74 Å². The molecule has 4 nitrogen and oxygen atoms in total. The maximum absolute atomic E-state index is 13.0. The summed E-state index contributed by atoms with van der Waals surface area (Å²) in [6.45, 7) is 0.939. The first-order valence-corrected chi connectivity index (χ1v) is 9.01. The van der Waals surface area contributed by atoms with Gasteiger partial charge in [-0.3, -0.25) is 0 Å². The molecule has 3 rings (SSSR count). The van der Waals surface area contributed by atoms with Crippen LogP contribution in [-0.2, 0) is 17.8 Å². The zero-order chi connectivity index (χ0) is 17.1. The molecule has 0 bridgehead atoms. The number of hydrogen-bond acceptors (Lipinski definition) is 3. The van der Waals surface area contributed by atoms with Gasteiger partial charge in [0.2, 0.25) is 0 Å². The van der Waals surface area contributed by atoms with E-state index in [1.165, 1.54) is 5.56 Å². The van der Waals surface area contributed by atoms with Gasteiger partial charge in [0.1, 0.15) is 17.1 Å². The first-order chi connectivity index (χ1) is 11.6. The zero-order valence-electron chi connectivity index (χ0n) is 14.2. The standard InChI is InChI=1S/C19H22N2O2S/c1-20(2)12-11-15-14-21(24(22)17-7-5-4-6-8-17)19-10-9-16(23-3)13-18(15)19/h4-10,13-14H,11-12H2,1-3H3. The lowest BCUT2D eigenvalue weighted by Crippen LogP contribution is -2.15. The lowest BCUT2D eigenvalue weighted by atomic mass is 10.1. The minimum absolute atomic E-state index is 0.796. The Morgan fingerprint density at radius 3 is 2.54 bits per heavy atom. The van der Waals surface area contributed by atoms with Crippen LogP contribution in [0, 0.1) is 0 Å². The van der Waals surface area contributed by atoms with E-state index < -0.39 is 11.4 Å². The van der Waals surface area contributed by atoms with Crippen LogP contribution in [0.1, 0.15) is 5.56 Å². The van der Waals surface area contributed by atoms with E-state index in [9.17, 15) is 4.55 Å². The smallest absolute Gasteiger partial charge is 0.180 e. The van der Waals surface area contributed by atoms with Crippen molar-refractivity contribution < 1.29 is 9.29 Å². The van der Waals surface area contributed by atoms with E-state index in [1.54, 1.807) is 7.11 Å². The number of hydrogen-bond donors (Lipinski definition) is 0. The maximum Gasteiger partial charge on any atom is 0.180 e. The minimum atomic E-state index is -1.26. The second-order valence-corrected chi connectivity index (χ2v) is 7.34. The van der Waals surface area contributed by atoms with Crippen molar-refractivity contribution in [3.8, 4) is 5.75 Å². The van der Waals surface area contributed by atoms with Gasteiger partial charge in [-0.25, -0.2) is 0 Å². The number of methoxy groups -OCH3 is 1. The average molecular weight is 342 g/mol. The quantitative estimate of drug-likeness (QED) is 0.645. The van der Waals surface area contributed by atoms with Crippen LogP contribution in [-0.4, -0.2) is 41.2 Å². The van der Waals surface area contributed by atoms with Gasteiger partial charge in [0, 0.05) is 11.9 Å². The molecule has 1 heterocycles. The van der Waals surface area contributed by atoms with E-state index in [2.05, 4.69) is 19.0 Å². The molecule has 0 radical (unpaired) electrons. The fraction of sp³-hybridized carbons (Fsp3) is 0.263. The van der Waals surface area contributed by atoms with Crippen molar-refractivity contribution in [2.45, 2.75) is 11.3 Å². The third kappa shape index (κ3) is 3.43. The topological polar surface area (TPSA) is 40.5 Å².